The van der Waals surface area contributed by atoms with Gasteiger partial charge in [-0.3, -0.25) is 0 Å². The van der Waals surface area contributed by atoms with E-state index in [1.807, 2.05) is 0 Å². The average molecular weight is 374 g/mol. The Kier molecular flexibility index (Phi) is 15.3. The highest BCUT2D eigenvalue weighted by molar-refractivity contribution is 5.51. The van der Waals surface area contributed by atoms with Gasteiger partial charge in [0.05, 0.1) is 0 Å². The molecule has 0 atom stereocenters. The van der Waals surface area contributed by atoms with E-state index in [1.54, 1.807) is 0 Å². The second kappa shape index (κ2) is 17.1. The van der Waals surface area contributed by atoms with Gasteiger partial charge in [0.25, 0.3) is 0 Å². The maximum absolute atomic E-state index is 6.32. The fraction of sp³-hybridized carbons (Fsp3) is 0.769. The van der Waals surface area contributed by atoms with Gasteiger partial charge in [0, 0.05) is 5.69 Å². The fourth-order valence-electron chi connectivity index (χ4n) is 4.08. The molecule has 0 bridgehead atoms. The van der Waals surface area contributed by atoms with Crippen LogP contribution in [0.2, 0.25) is 0 Å². The molecule has 27 heavy (non-hydrogen) atoms. The maximum atomic E-state index is 6.32. The van der Waals surface area contributed by atoms with Gasteiger partial charge >= 0.3 is 0 Å². The molecule has 2 N–H and O–H groups in total. The zero-order valence-electron chi connectivity index (χ0n) is 18.5. The number of aryl methyl sites for hydroxylation is 1. The Morgan fingerprint density at radius 3 is 1.52 bits per heavy atom. The van der Waals surface area contributed by atoms with E-state index in [1.165, 1.54) is 127 Å². The SMILES string of the molecule is CCCCCCCCCCc1cccc(N)c1CCCCCCCCCC. The summed E-state index contributed by atoms with van der Waals surface area (Å²) in [6.07, 6.45) is 24.6. The molecule has 0 amide bonds. The molecule has 1 heteroatoms. The van der Waals surface area contributed by atoms with Crippen LogP contribution in [0, 0.1) is 0 Å². The Labute approximate surface area is 170 Å². The number of nitrogen functional groups attached to an aromatic ring is 1. The summed E-state index contributed by atoms with van der Waals surface area (Å²) in [7, 11) is 0. The van der Waals surface area contributed by atoms with Crippen molar-refractivity contribution in [3.63, 3.8) is 0 Å². The lowest BCUT2D eigenvalue weighted by Gasteiger charge is -2.13. The number of nitrogens with two attached hydrogens (primary N) is 1. The summed E-state index contributed by atoms with van der Waals surface area (Å²) in [5.74, 6) is 0. The highest BCUT2D eigenvalue weighted by Gasteiger charge is 2.06. The zero-order chi connectivity index (χ0) is 19.6. The van der Waals surface area contributed by atoms with Crippen molar-refractivity contribution >= 4 is 5.69 Å². The average Bonchev–Trinajstić information content (AvgIpc) is 2.67. The molecule has 0 heterocycles. The monoisotopic (exact) mass is 373 g/mol. The summed E-state index contributed by atoms with van der Waals surface area (Å²) >= 11 is 0. The van der Waals surface area contributed by atoms with Crippen LogP contribution in [0.3, 0.4) is 0 Å². The molecule has 0 unspecified atom stereocenters. The first-order chi connectivity index (χ1) is 13.3. The largest absolute Gasteiger partial charge is 0.398 e. The number of rotatable bonds is 18. The van der Waals surface area contributed by atoms with Gasteiger partial charge in [-0.1, -0.05) is 116 Å². The lowest BCUT2D eigenvalue weighted by molar-refractivity contribution is 0.571. The van der Waals surface area contributed by atoms with Gasteiger partial charge in [0.1, 0.15) is 0 Å². The normalized spacial score (nSPS) is 11.2. The molecular weight excluding hydrogens is 326 g/mol. The van der Waals surface area contributed by atoms with Gasteiger partial charge in [0.15, 0.2) is 0 Å². The Hall–Kier alpha value is -0.980. The van der Waals surface area contributed by atoms with Crippen molar-refractivity contribution in [3.05, 3.63) is 29.3 Å². The van der Waals surface area contributed by atoms with E-state index in [0.717, 1.165) is 5.69 Å². The second-order valence-electron chi connectivity index (χ2n) is 8.43. The van der Waals surface area contributed by atoms with Crippen molar-refractivity contribution in [2.45, 2.75) is 129 Å². The van der Waals surface area contributed by atoms with Gasteiger partial charge < -0.3 is 5.73 Å². The van der Waals surface area contributed by atoms with Crippen LogP contribution in [0.5, 0.6) is 0 Å². The van der Waals surface area contributed by atoms with Gasteiger partial charge in [0.2, 0.25) is 0 Å². The quantitative estimate of drug-likeness (QED) is 0.202. The van der Waals surface area contributed by atoms with Crippen LogP contribution < -0.4 is 5.73 Å². The standard InChI is InChI=1S/C26H47N/c1-3-5-7-9-11-13-15-17-20-24-21-19-23-26(27)25(24)22-18-16-14-12-10-8-6-4-2/h19,21,23H,3-18,20,22,27H2,1-2H3. The molecular formula is C26H47N. The predicted molar refractivity (Wildman–Crippen MR) is 123 cm³/mol. The molecule has 1 aromatic carbocycles. The first-order valence-corrected chi connectivity index (χ1v) is 12.2. The predicted octanol–water partition coefficient (Wildman–Crippen LogP) is 8.64. The molecule has 0 aliphatic heterocycles. The minimum atomic E-state index is 1.02. The minimum Gasteiger partial charge on any atom is -0.398 e. The van der Waals surface area contributed by atoms with Gasteiger partial charge in [-0.05, 0) is 42.9 Å². The van der Waals surface area contributed by atoms with E-state index in [9.17, 15) is 0 Å². The molecule has 0 aliphatic carbocycles. The van der Waals surface area contributed by atoms with Crippen molar-refractivity contribution in [1.29, 1.82) is 0 Å². The number of benzene rings is 1. The van der Waals surface area contributed by atoms with Gasteiger partial charge in [-0.25, -0.2) is 0 Å². The number of unbranched alkanes of at least 4 members (excludes halogenated alkanes) is 14. The van der Waals surface area contributed by atoms with Crippen molar-refractivity contribution in [3.8, 4) is 0 Å². The van der Waals surface area contributed by atoms with Crippen LogP contribution in [-0.2, 0) is 12.8 Å². The number of anilines is 1. The van der Waals surface area contributed by atoms with Crippen LogP contribution >= 0.6 is 0 Å². The molecule has 0 aromatic heterocycles. The van der Waals surface area contributed by atoms with E-state index in [0.29, 0.717) is 0 Å². The Morgan fingerprint density at radius 2 is 1.00 bits per heavy atom. The van der Waals surface area contributed by atoms with E-state index >= 15 is 0 Å². The van der Waals surface area contributed by atoms with Crippen molar-refractivity contribution in [2.75, 3.05) is 5.73 Å². The molecule has 0 radical (unpaired) electrons. The second-order valence-corrected chi connectivity index (χ2v) is 8.43. The number of hydrogen-bond donors (Lipinski definition) is 1. The molecule has 0 spiro atoms. The smallest absolute Gasteiger partial charge is 0.0349 e. The third-order valence-electron chi connectivity index (χ3n) is 5.89. The lowest BCUT2D eigenvalue weighted by Crippen LogP contribution is -2.01. The van der Waals surface area contributed by atoms with E-state index < -0.39 is 0 Å². The van der Waals surface area contributed by atoms with Crippen molar-refractivity contribution in [1.82, 2.24) is 0 Å². The first kappa shape index (κ1) is 24.1. The highest BCUT2D eigenvalue weighted by atomic mass is 14.6. The minimum absolute atomic E-state index is 1.02. The van der Waals surface area contributed by atoms with Gasteiger partial charge in [-0.2, -0.15) is 0 Å². The lowest BCUT2D eigenvalue weighted by atomic mass is 9.95. The van der Waals surface area contributed by atoms with E-state index in [-0.39, 0.29) is 0 Å². The van der Waals surface area contributed by atoms with Crippen LogP contribution in [0.25, 0.3) is 0 Å². The van der Waals surface area contributed by atoms with Crippen LogP contribution in [0.4, 0.5) is 5.69 Å². The molecule has 0 saturated carbocycles. The Morgan fingerprint density at radius 1 is 0.556 bits per heavy atom. The van der Waals surface area contributed by atoms with Crippen molar-refractivity contribution < 1.29 is 0 Å². The fourth-order valence-corrected chi connectivity index (χ4v) is 4.08. The summed E-state index contributed by atoms with van der Waals surface area (Å²) < 4.78 is 0. The van der Waals surface area contributed by atoms with E-state index in [2.05, 4.69) is 32.0 Å². The molecule has 1 aromatic rings. The Bertz CT molecular complexity index is 452. The Balaban J connectivity index is 2.21. The maximum Gasteiger partial charge on any atom is 0.0349 e. The molecule has 156 valence electrons. The highest BCUT2D eigenvalue weighted by Crippen LogP contribution is 2.23. The topological polar surface area (TPSA) is 26.0 Å². The third-order valence-corrected chi connectivity index (χ3v) is 5.89. The van der Waals surface area contributed by atoms with Crippen molar-refractivity contribution in [2.24, 2.45) is 0 Å². The third kappa shape index (κ3) is 12.2. The first-order valence-electron chi connectivity index (χ1n) is 12.2. The van der Waals surface area contributed by atoms with E-state index in [4.69, 9.17) is 5.73 Å². The number of hydrogen-bond acceptors (Lipinski definition) is 1. The molecule has 1 nitrogen and oxygen atoms in total. The summed E-state index contributed by atoms with van der Waals surface area (Å²) in [6.45, 7) is 4.58. The molecule has 0 fully saturated rings. The van der Waals surface area contributed by atoms with Crippen LogP contribution in [0.15, 0.2) is 18.2 Å². The van der Waals surface area contributed by atoms with Crippen LogP contribution in [-0.4, -0.2) is 0 Å². The summed E-state index contributed by atoms with van der Waals surface area (Å²) in [4.78, 5) is 0. The van der Waals surface area contributed by atoms with Gasteiger partial charge in [-0.15, -0.1) is 0 Å². The summed E-state index contributed by atoms with van der Waals surface area (Å²) in [6, 6.07) is 6.56. The summed E-state index contributed by atoms with van der Waals surface area (Å²) in [5.41, 5.74) is 10.3. The van der Waals surface area contributed by atoms with Crippen LogP contribution in [0.1, 0.15) is 128 Å². The summed E-state index contributed by atoms with van der Waals surface area (Å²) in [5, 5.41) is 0. The molecule has 1 rings (SSSR count). The molecule has 0 saturated heterocycles. The zero-order valence-corrected chi connectivity index (χ0v) is 18.5. The molecule has 0 aliphatic rings.